The second-order valence-electron chi connectivity index (χ2n) is 5.27. The Morgan fingerprint density at radius 2 is 1.92 bits per heavy atom. The average molecular weight is 368 g/mol. The van der Waals surface area contributed by atoms with Gasteiger partial charge in [-0.05, 0) is 36.8 Å². The Morgan fingerprint density at radius 1 is 1.21 bits per heavy atom. The van der Waals surface area contributed by atoms with Crippen molar-refractivity contribution in [1.82, 2.24) is 0 Å². The van der Waals surface area contributed by atoms with Crippen LogP contribution in [0.1, 0.15) is 12.5 Å². The Bertz CT molecular complexity index is 836. The van der Waals surface area contributed by atoms with E-state index in [-0.39, 0.29) is 5.75 Å². The van der Waals surface area contributed by atoms with Crippen molar-refractivity contribution in [3.05, 3.63) is 59.1 Å². The molecule has 0 aromatic heterocycles. The van der Waals surface area contributed by atoms with Crippen LogP contribution in [0.2, 0.25) is 5.02 Å². The molecule has 0 fully saturated rings. The molecule has 0 heterocycles. The van der Waals surface area contributed by atoms with Gasteiger partial charge in [-0.15, -0.1) is 0 Å². The zero-order valence-corrected chi connectivity index (χ0v) is 14.9. The minimum Gasteiger partial charge on any atom is -0.495 e. The standard InChI is InChI=1S/C17H18ClNO4S/c1-12(17(20)19-15-8-3-4-9-16(15)23-2)24(21,22)11-13-6-5-7-14(18)10-13/h3-10,12H,11H2,1-2H3,(H,19,20)/t12-/m1/s1. The van der Waals surface area contributed by atoms with Gasteiger partial charge < -0.3 is 10.1 Å². The van der Waals surface area contributed by atoms with Gasteiger partial charge in [-0.1, -0.05) is 35.9 Å². The zero-order valence-electron chi connectivity index (χ0n) is 13.3. The number of rotatable bonds is 6. The molecule has 0 spiro atoms. The van der Waals surface area contributed by atoms with Crippen molar-refractivity contribution in [2.75, 3.05) is 12.4 Å². The molecule has 0 aliphatic carbocycles. The summed E-state index contributed by atoms with van der Waals surface area (Å²) in [6, 6.07) is 13.4. The van der Waals surface area contributed by atoms with Crippen LogP contribution in [-0.4, -0.2) is 26.7 Å². The van der Waals surface area contributed by atoms with E-state index < -0.39 is 21.0 Å². The summed E-state index contributed by atoms with van der Waals surface area (Å²) in [5.74, 6) is -0.402. The van der Waals surface area contributed by atoms with Crippen molar-refractivity contribution in [2.45, 2.75) is 17.9 Å². The van der Waals surface area contributed by atoms with Crippen LogP contribution >= 0.6 is 11.6 Å². The van der Waals surface area contributed by atoms with E-state index >= 15 is 0 Å². The molecule has 0 aliphatic heterocycles. The lowest BCUT2D eigenvalue weighted by atomic mass is 10.2. The van der Waals surface area contributed by atoms with E-state index in [4.69, 9.17) is 16.3 Å². The summed E-state index contributed by atoms with van der Waals surface area (Å²) < 4.78 is 30.1. The molecule has 5 nitrogen and oxygen atoms in total. The second-order valence-corrected chi connectivity index (χ2v) is 8.03. The molecule has 0 aliphatic rings. The fourth-order valence-electron chi connectivity index (χ4n) is 2.13. The Morgan fingerprint density at radius 3 is 2.58 bits per heavy atom. The van der Waals surface area contributed by atoms with Crippen LogP contribution in [0.4, 0.5) is 5.69 Å². The van der Waals surface area contributed by atoms with Crippen molar-refractivity contribution >= 4 is 33.0 Å². The number of sulfone groups is 1. The normalized spacial score (nSPS) is 12.5. The van der Waals surface area contributed by atoms with Crippen LogP contribution < -0.4 is 10.1 Å². The second kappa shape index (κ2) is 7.68. The number of hydrogen-bond acceptors (Lipinski definition) is 4. The minimum absolute atomic E-state index is 0.256. The number of amides is 1. The first-order valence-electron chi connectivity index (χ1n) is 7.23. The van der Waals surface area contributed by atoms with E-state index in [1.54, 1.807) is 48.5 Å². The van der Waals surface area contributed by atoms with Gasteiger partial charge in [0, 0.05) is 5.02 Å². The van der Waals surface area contributed by atoms with Gasteiger partial charge in [0.25, 0.3) is 0 Å². The largest absolute Gasteiger partial charge is 0.495 e. The number of methoxy groups -OCH3 is 1. The first-order valence-corrected chi connectivity index (χ1v) is 9.32. The molecule has 0 bridgehead atoms. The first kappa shape index (κ1) is 18.3. The van der Waals surface area contributed by atoms with Gasteiger partial charge in [0.05, 0.1) is 18.6 Å². The molecule has 2 aromatic rings. The third-order valence-electron chi connectivity index (χ3n) is 3.53. The van der Waals surface area contributed by atoms with Crippen molar-refractivity contribution in [3.8, 4) is 5.75 Å². The summed E-state index contributed by atoms with van der Waals surface area (Å²) in [6.45, 7) is 1.37. The number of carbonyl (C=O) groups is 1. The minimum atomic E-state index is -3.68. The molecular formula is C17H18ClNO4S. The fourth-order valence-corrected chi connectivity index (χ4v) is 3.62. The number of benzene rings is 2. The average Bonchev–Trinajstić information content (AvgIpc) is 2.54. The highest BCUT2D eigenvalue weighted by molar-refractivity contribution is 7.92. The number of para-hydroxylation sites is 2. The molecule has 2 aromatic carbocycles. The third-order valence-corrected chi connectivity index (χ3v) is 5.79. The molecule has 0 saturated heterocycles. The summed E-state index contributed by atoms with van der Waals surface area (Å²) >= 11 is 5.87. The van der Waals surface area contributed by atoms with Gasteiger partial charge in [-0.3, -0.25) is 4.79 Å². The molecule has 2 rings (SSSR count). The maximum atomic E-state index is 12.5. The van der Waals surface area contributed by atoms with Crippen LogP contribution in [0.5, 0.6) is 5.75 Å². The van der Waals surface area contributed by atoms with Gasteiger partial charge in [0.2, 0.25) is 5.91 Å². The summed E-state index contributed by atoms with van der Waals surface area (Å²) in [4.78, 5) is 12.3. The quantitative estimate of drug-likeness (QED) is 0.850. The van der Waals surface area contributed by atoms with Gasteiger partial charge in [0.15, 0.2) is 9.84 Å². The zero-order chi connectivity index (χ0) is 17.7. The topological polar surface area (TPSA) is 72.5 Å². The van der Waals surface area contributed by atoms with Crippen LogP contribution in [0, 0.1) is 0 Å². The molecule has 128 valence electrons. The highest BCUT2D eigenvalue weighted by Gasteiger charge is 2.28. The van der Waals surface area contributed by atoms with Crippen LogP contribution in [0.3, 0.4) is 0 Å². The maximum Gasteiger partial charge on any atom is 0.242 e. The predicted octanol–water partition coefficient (Wildman–Crippen LogP) is 3.29. The van der Waals surface area contributed by atoms with E-state index in [0.717, 1.165) is 0 Å². The Balaban J connectivity index is 2.14. The fraction of sp³-hybridized carbons (Fsp3) is 0.235. The van der Waals surface area contributed by atoms with Crippen LogP contribution in [0.25, 0.3) is 0 Å². The van der Waals surface area contributed by atoms with Gasteiger partial charge in [-0.2, -0.15) is 0 Å². The monoisotopic (exact) mass is 367 g/mol. The Hall–Kier alpha value is -2.05. The highest BCUT2D eigenvalue weighted by Crippen LogP contribution is 2.24. The molecule has 7 heteroatoms. The lowest BCUT2D eigenvalue weighted by molar-refractivity contribution is -0.115. The lowest BCUT2D eigenvalue weighted by Gasteiger charge is -2.15. The van der Waals surface area contributed by atoms with Gasteiger partial charge in [-0.25, -0.2) is 8.42 Å². The number of nitrogens with one attached hydrogen (secondary N) is 1. The third kappa shape index (κ3) is 4.49. The molecule has 24 heavy (non-hydrogen) atoms. The molecule has 1 atom stereocenters. The smallest absolute Gasteiger partial charge is 0.242 e. The summed E-state index contributed by atoms with van der Waals surface area (Å²) in [7, 11) is -2.20. The summed E-state index contributed by atoms with van der Waals surface area (Å²) in [5.41, 5.74) is 0.967. The Kier molecular flexibility index (Phi) is 5.85. The number of carbonyl (C=O) groups excluding carboxylic acids is 1. The van der Waals surface area contributed by atoms with Crippen molar-refractivity contribution in [2.24, 2.45) is 0 Å². The van der Waals surface area contributed by atoms with E-state index in [1.165, 1.54) is 14.0 Å². The van der Waals surface area contributed by atoms with E-state index in [2.05, 4.69) is 5.32 Å². The Labute approximate surface area is 146 Å². The lowest BCUT2D eigenvalue weighted by Crippen LogP contribution is -2.33. The number of ether oxygens (including phenoxy) is 1. The number of anilines is 1. The van der Waals surface area contributed by atoms with Crippen molar-refractivity contribution in [1.29, 1.82) is 0 Å². The highest BCUT2D eigenvalue weighted by atomic mass is 35.5. The molecule has 0 unspecified atom stereocenters. The molecule has 1 N–H and O–H groups in total. The molecule has 1 amide bonds. The molecular weight excluding hydrogens is 350 g/mol. The predicted molar refractivity (Wildman–Crippen MR) is 95.2 cm³/mol. The maximum absolute atomic E-state index is 12.5. The summed E-state index contributed by atoms with van der Waals surface area (Å²) in [5, 5.41) is 1.84. The van der Waals surface area contributed by atoms with Crippen LogP contribution in [-0.2, 0) is 20.4 Å². The van der Waals surface area contributed by atoms with Crippen molar-refractivity contribution in [3.63, 3.8) is 0 Å². The SMILES string of the molecule is COc1ccccc1NC(=O)[C@@H](C)S(=O)(=O)Cc1cccc(Cl)c1. The number of halogens is 1. The van der Waals surface area contributed by atoms with E-state index in [9.17, 15) is 13.2 Å². The summed E-state index contributed by atoms with van der Waals surface area (Å²) in [6.07, 6.45) is 0. The van der Waals surface area contributed by atoms with Crippen LogP contribution in [0.15, 0.2) is 48.5 Å². The van der Waals surface area contributed by atoms with E-state index in [0.29, 0.717) is 22.0 Å². The molecule has 0 radical (unpaired) electrons. The first-order chi connectivity index (χ1) is 11.3. The van der Waals surface area contributed by atoms with Gasteiger partial charge in [0.1, 0.15) is 11.0 Å². The number of hydrogen-bond donors (Lipinski definition) is 1. The van der Waals surface area contributed by atoms with Crippen molar-refractivity contribution < 1.29 is 17.9 Å². The molecule has 0 saturated carbocycles. The van der Waals surface area contributed by atoms with E-state index in [1.807, 2.05) is 0 Å². The van der Waals surface area contributed by atoms with Gasteiger partial charge >= 0.3 is 0 Å².